The maximum atomic E-state index is 12.4. The molecule has 0 atom stereocenters. The van der Waals surface area contributed by atoms with Gasteiger partial charge in [0.1, 0.15) is 18.4 Å². The van der Waals surface area contributed by atoms with E-state index in [1.54, 1.807) is 18.5 Å². The standard InChI is InChI=1S/C18H19ClN6O3/c1-11-18(13(3)24(22-11)9-14-6-4-5-7-15(14)19)21-17(26)10-23-12(2)16(8-20-23)25(27)28/h4-8H,9-10H2,1-3H3,(H,21,26). The molecule has 10 heteroatoms. The Hall–Kier alpha value is -3.20. The molecule has 2 aromatic heterocycles. The fourth-order valence-corrected chi connectivity index (χ4v) is 3.11. The first-order chi connectivity index (χ1) is 13.3. The molecular weight excluding hydrogens is 384 g/mol. The Morgan fingerprint density at radius 3 is 2.57 bits per heavy atom. The average Bonchev–Trinajstić information content (AvgIpc) is 3.12. The van der Waals surface area contributed by atoms with Crippen molar-refractivity contribution >= 4 is 28.9 Å². The van der Waals surface area contributed by atoms with Crippen LogP contribution in [0.2, 0.25) is 5.02 Å². The molecule has 0 aliphatic heterocycles. The van der Waals surface area contributed by atoms with Gasteiger partial charge >= 0.3 is 5.69 Å². The second-order valence-electron chi connectivity index (χ2n) is 6.37. The molecular formula is C18H19ClN6O3. The number of halogens is 1. The second kappa shape index (κ2) is 7.81. The normalized spacial score (nSPS) is 10.9. The van der Waals surface area contributed by atoms with Crippen LogP contribution in [0.3, 0.4) is 0 Å². The zero-order chi connectivity index (χ0) is 20.4. The largest absolute Gasteiger partial charge is 0.321 e. The van der Waals surface area contributed by atoms with Gasteiger partial charge in [0.25, 0.3) is 0 Å². The number of aryl methyl sites for hydroxylation is 1. The molecule has 3 aromatic rings. The zero-order valence-corrected chi connectivity index (χ0v) is 16.4. The molecule has 0 bridgehead atoms. The van der Waals surface area contributed by atoms with Gasteiger partial charge in [0.2, 0.25) is 5.91 Å². The molecule has 28 heavy (non-hydrogen) atoms. The number of amides is 1. The van der Waals surface area contributed by atoms with Crippen molar-refractivity contribution in [3.63, 3.8) is 0 Å². The van der Waals surface area contributed by atoms with Crippen LogP contribution in [0, 0.1) is 30.9 Å². The Kier molecular flexibility index (Phi) is 5.46. The predicted molar refractivity (Wildman–Crippen MR) is 105 cm³/mol. The number of nitro groups is 1. The fourth-order valence-electron chi connectivity index (χ4n) is 2.91. The zero-order valence-electron chi connectivity index (χ0n) is 15.6. The molecule has 9 nitrogen and oxygen atoms in total. The van der Waals surface area contributed by atoms with E-state index in [-0.39, 0.29) is 18.1 Å². The predicted octanol–water partition coefficient (Wildman–Crippen LogP) is 3.25. The van der Waals surface area contributed by atoms with Crippen LogP contribution < -0.4 is 5.32 Å². The minimum Gasteiger partial charge on any atom is -0.321 e. The topological polar surface area (TPSA) is 108 Å². The highest BCUT2D eigenvalue weighted by Gasteiger charge is 2.20. The number of benzene rings is 1. The first-order valence-corrected chi connectivity index (χ1v) is 8.89. The van der Waals surface area contributed by atoms with Crippen molar-refractivity contribution < 1.29 is 9.72 Å². The summed E-state index contributed by atoms with van der Waals surface area (Å²) in [6.45, 7) is 5.56. The smallest absolute Gasteiger partial charge is 0.309 e. The van der Waals surface area contributed by atoms with E-state index in [2.05, 4.69) is 15.5 Å². The van der Waals surface area contributed by atoms with Crippen LogP contribution in [0.1, 0.15) is 22.6 Å². The lowest BCUT2D eigenvalue weighted by molar-refractivity contribution is -0.385. The van der Waals surface area contributed by atoms with Gasteiger partial charge in [-0.3, -0.25) is 24.3 Å². The molecule has 0 saturated carbocycles. The molecule has 0 aliphatic carbocycles. The summed E-state index contributed by atoms with van der Waals surface area (Å²) in [6.07, 6.45) is 1.14. The second-order valence-corrected chi connectivity index (χ2v) is 6.78. The Labute approximate surface area is 166 Å². The number of aromatic nitrogens is 4. The summed E-state index contributed by atoms with van der Waals surface area (Å²) in [4.78, 5) is 22.8. The molecule has 2 heterocycles. The molecule has 1 N–H and O–H groups in total. The molecule has 0 saturated heterocycles. The summed E-state index contributed by atoms with van der Waals surface area (Å²) in [7, 11) is 0. The average molecular weight is 403 g/mol. The summed E-state index contributed by atoms with van der Waals surface area (Å²) in [6, 6.07) is 7.50. The van der Waals surface area contributed by atoms with Crippen LogP contribution in [0.25, 0.3) is 0 Å². The molecule has 1 amide bonds. The van der Waals surface area contributed by atoms with Crippen LogP contribution in [0.5, 0.6) is 0 Å². The maximum absolute atomic E-state index is 12.4. The first-order valence-electron chi connectivity index (χ1n) is 8.52. The lowest BCUT2D eigenvalue weighted by Crippen LogP contribution is -2.21. The van der Waals surface area contributed by atoms with Crippen molar-refractivity contribution in [2.24, 2.45) is 0 Å². The van der Waals surface area contributed by atoms with Crippen molar-refractivity contribution in [2.45, 2.75) is 33.9 Å². The number of anilines is 1. The maximum Gasteiger partial charge on any atom is 0.309 e. The van der Waals surface area contributed by atoms with E-state index in [1.165, 1.54) is 4.68 Å². The van der Waals surface area contributed by atoms with E-state index >= 15 is 0 Å². The number of nitrogens with zero attached hydrogens (tertiary/aromatic N) is 5. The van der Waals surface area contributed by atoms with Crippen LogP contribution >= 0.6 is 11.6 Å². The van der Waals surface area contributed by atoms with Gasteiger partial charge < -0.3 is 5.32 Å². The lowest BCUT2D eigenvalue weighted by Gasteiger charge is -2.09. The third-order valence-electron chi connectivity index (χ3n) is 4.49. The summed E-state index contributed by atoms with van der Waals surface area (Å²) >= 11 is 6.22. The first kappa shape index (κ1) is 19.6. The van der Waals surface area contributed by atoms with Crippen LogP contribution in [-0.4, -0.2) is 30.4 Å². The van der Waals surface area contributed by atoms with E-state index in [0.29, 0.717) is 28.6 Å². The molecule has 0 aliphatic rings. The van der Waals surface area contributed by atoms with Gasteiger partial charge in [-0.05, 0) is 32.4 Å². The van der Waals surface area contributed by atoms with Crippen LogP contribution in [-0.2, 0) is 17.9 Å². The van der Waals surface area contributed by atoms with Gasteiger partial charge in [0, 0.05) is 5.02 Å². The molecule has 0 unspecified atom stereocenters. The molecule has 0 spiro atoms. The molecule has 1 aromatic carbocycles. The van der Waals surface area contributed by atoms with Gasteiger partial charge in [0.05, 0.1) is 28.5 Å². The minimum absolute atomic E-state index is 0.118. The van der Waals surface area contributed by atoms with E-state index in [1.807, 2.05) is 31.2 Å². The van der Waals surface area contributed by atoms with Crippen molar-refractivity contribution in [3.8, 4) is 0 Å². The Balaban J connectivity index is 1.76. The number of carbonyl (C=O) groups excluding carboxylic acids is 1. The van der Waals surface area contributed by atoms with E-state index in [9.17, 15) is 14.9 Å². The lowest BCUT2D eigenvalue weighted by atomic mass is 10.2. The molecule has 0 fully saturated rings. The Morgan fingerprint density at radius 1 is 1.21 bits per heavy atom. The van der Waals surface area contributed by atoms with Gasteiger partial charge in [0.15, 0.2) is 0 Å². The minimum atomic E-state index is -0.524. The van der Waals surface area contributed by atoms with Crippen molar-refractivity contribution in [1.82, 2.24) is 19.6 Å². The summed E-state index contributed by atoms with van der Waals surface area (Å²) in [5, 5.41) is 22.8. The third kappa shape index (κ3) is 3.89. The molecule has 3 rings (SSSR count). The highest BCUT2D eigenvalue weighted by molar-refractivity contribution is 6.31. The van der Waals surface area contributed by atoms with Crippen molar-refractivity contribution in [3.05, 3.63) is 68.2 Å². The number of nitrogens with one attached hydrogen (secondary N) is 1. The third-order valence-corrected chi connectivity index (χ3v) is 4.86. The Morgan fingerprint density at radius 2 is 1.93 bits per heavy atom. The highest BCUT2D eigenvalue weighted by Crippen LogP contribution is 2.23. The fraction of sp³-hybridized carbons (Fsp3) is 0.278. The summed E-state index contributed by atoms with van der Waals surface area (Å²) < 4.78 is 3.07. The number of rotatable bonds is 6. The van der Waals surface area contributed by atoms with Gasteiger partial charge in [-0.15, -0.1) is 0 Å². The van der Waals surface area contributed by atoms with Gasteiger partial charge in [-0.2, -0.15) is 10.2 Å². The number of hydrogen-bond acceptors (Lipinski definition) is 5. The monoisotopic (exact) mass is 402 g/mol. The van der Waals surface area contributed by atoms with E-state index < -0.39 is 4.92 Å². The summed E-state index contributed by atoms with van der Waals surface area (Å²) in [5.41, 5.74) is 3.19. The molecule has 0 radical (unpaired) electrons. The number of carbonyl (C=O) groups is 1. The number of hydrogen-bond donors (Lipinski definition) is 1. The van der Waals surface area contributed by atoms with Crippen molar-refractivity contribution in [2.75, 3.05) is 5.32 Å². The molecule has 146 valence electrons. The summed E-state index contributed by atoms with van der Waals surface area (Å²) in [5.74, 6) is -0.343. The van der Waals surface area contributed by atoms with Crippen LogP contribution in [0.4, 0.5) is 11.4 Å². The van der Waals surface area contributed by atoms with Crippen molar-refractivity contribution in [1.29, 1.82) is 0 Å². The highest BCUT2D eigenvalue weighted by atomic mass is 35.5. The van der Waals surface area contributed by atoms with Gasteiger partial charge in [-0.25, -0.2) is 0 Å². The SMILES string of the molecule is Cc1nn(Cc2ccccc2Cl)c(C)c1NC(=O)Cn1ncc([N+](=O)[O-])c1C. The van der Waals surface area contributed by atoms with E-state index in [4.69, 9.17) is 11.6 Å². The van der Waals surface area contributed by atoms with Gasteiger partial charge in [-0.1, -0.05) is 29.8 Å². The Bertz CT molecular complexity index is 1060. The van der Waals surface area contributed by atoms with Crippen LogP contribution in [0.15, 0.2) is 30.5 Å². The van der Waals surface area contributed by atoms with E-state index in [0.717, 1.165) is 17.5 Å². The quantitative estimate of drug-likeness (QED) is 0.503.